The van der Waals surface area contributed by atoms with Crippen LogP contribution in [0.25, 0.3) is 0 Å². The molecule has 27 heavy (non-hydrogen) atoms. The van der Waals surface area contributed by atoms with Crippen molar-refractivity contribution in [3.63, 3.8) is 0 Å². The molecule has 1 aliphatic heterocycles. The summed E-state index contributed by atoms with van der Waals surface area (Å²) in [5.74, 6) is 2.77. The minimum absolute atomic E-state index is 0.350. The van der Waals surface area contributed by atoms with Gasteiger partial charge in [-0.1, -0.05) is 0 Å². The van der Waals surface area contributed by atoms with E-state index in [9.17, 15) is 0 Å². The van der Waals surface area contributed by atoms with E-state index in [2.05, 4.69) is 29.4 Å². The summed E-state index contributed by atoms with van der Waals surface area (Å²) < 4.78 is 8.14. The van der Waals surface area contributed by atoms with Crippen LogP contribution in [0.15, 0.2) is 43.1 Å². The standard InChI is InChI=1S/C20H24N6O/c1-15-17(4-3-7-21-15)27-20-19(23-8-9-24-20)16-5-11-26(12-6-16)14-18-22-10-13-25(18)2/h3-4,7-10,13,16H,5-6,11-12,14H2,1-2H3. The highest BCUT2D eigenvalue weighted by atomic mass is 16.5. The van der Waals surface area contributed by atoms with Crippen LogP contribution < -0.4 is 4.74 Å². The fraction of sp³-hybridized carbons (Fsp3) is 0.400. The third-order valence-electron chi connectivity index (χ3n) is 5.12. The lowest BCUT2D eigenvalue weighted by Gasteiger charge is -2.31. The van der Waals surface area contributed by atoms with E-state index in [-0.39, 0.29) is 0 Å². The van der Waals surface area contributed by atoms with E-state index in [1.54, 1.807) is 18.6 Å². The molecule has 4 rings (SSSR count). The van der Waals surface area contributed by atoms with Gasteiger partial charge in [-0.2, -0.15) is 0 Å². The number of aryl methyl sites for hydroxylation is 2. The molecule has 0 unspecified atom stereocenters. The Morgan fingerprint density at radius 3 is 2.59 bits per heavy atom. The largest absolute Gasteiger partial charge is 0.435 e. The van der Waals surface area contributed by atoms with E-state index >= 15 is 0 Å². The Hall–Kier alpha value is -2.80. The van der Waals surface area contributed by atoms with Crippen LogP contribution in [0.3, 0.4) is 0 Å². The second kappa shape index (κ2) is 7.84. The molecule has 7 heteroatoms. The summed E-state index contributed by atoms with van der Waals surface area (Å²) in [4.78, 5) is 20.2. The second-order valence-electron chi connectivity index (χ2n) is 6.94. The molecule has 7 nitrogen and oxygen atoms in total. The first-order valence-electron chi connectivity index (χ1n) is 9.29. The van der Waals surface area contributed by atoms with Crippen LogP contribution in [0.4, 0.5) is 0 Å². The number of nitrogens with zero attached hydrogens (tertiary/aromatic N) is 6. The van der Waals surface area contributed by atoms with Gasteiger partial charge in [-0.3, -0.25) is 14.9 Å². The molecule has 0 atom stereocenters. The zero-order chi connectivity index (χ0) is 18.6. The van der Waals surface area contributed by atoms with Gasteiger partial charge in [0.15, 0.2) is 5.75 Å². The van der Waals surface area contributed by atoms with Crippen LogP contribution in [0.1, 0.15) is 36.0 Å². The maximum absolute atomic E-state index is 6.06. The molecule has 3 aromatic rings. The number of imidazole rings is 1. The first-order chi connectivity index (χ1) is 13.2. The molecule has 1 saturated heterocycles. The van der Waals surface area contributed by atoms with Gasteiger partial charge in [-0.15, -0.1) is 0 Å². The van der Waals surface area contributed by atoms with E-state index in [0.29, 0.717) is 11.8 Å². The van der Waals surface area contributed by atoms with Crippen molar-refractivity contribution in [1.82, 2.24) is 29.4 Å². The third-order valence-corrected chi connectivity index (χ3v) is 5.12. The van der Waals surface area contributed by atoms with Gasteiger partial charge in [0, 0.05) is 43.9 Å². The smallest absolute Gasteiger partial charge is 0.241 e. The topological polar surface area (TPSA) is 69.0 Å². The lowest BCUT2D eigenvalue weighted by molar-refractivity contribution is 0.196. The Morgan fingerprint density at radius 2 is 1.85 bits per heavy atom. The SMILES string of the molecule is Cc1ncccc1Oc1nccnc1C1CCN(Cc2nccn2C)CC1. The fourth-order valence-electron chi connectivity index (χ4n) is 3.49. The second-order valence-corrected chi connectivity index (χ2v) is 6.94. The van der Waals surface area contributed by atoms with Crippen molar-refractivity contribution in [1.29, 1.82) is 0 Å². The molecule has 1 aliphatic rings. The predicted molar refractivity (Wildman–Crippen MR) is 102 cm³/mol. The molecule has 3 aromatic heterocycles. The van der Waals surface area contributed by atoms with Gasteiger partial charge in [0.25, 0.3) is 0 Å². The van der Waals surface area contributed by atoms with Gasteiger partial charge in [-0.05, 0) is 45.0 Å². The Balaban J connectivity index is 1.44. The average Bonchev–Trinajstić information content (AvgIpc) is 3.09. The molecule has 0 spiro atoms. The molecule has 1 fully saturated rings. The van der Waals surface area contributed by atoms with Crippen molar-refractivity contribution in [3.05, 3.63) is 60.3 Å². The van der Waals surface area contributed by atoms with Gasteiger partial charge in [-0.25, -0.2) is 9.97 Å². The normalized spacial score (nSPS) is 15.8. The molecule has 140 valence electrons. The Bertz CT molecular complexity index is 901. The van der Waals surface area contributed by atoms with Crippen LogP contribution in [0, 0.1) is 6.92 Å². The van der Waals surface area contributed by atoms with Crippen LogP contribution in [-0.4, -0.2) is 42.5 Å². The maximum Gasteiger partial charge on any atom is 0.241 e. The zero-order valence-electron chi connectivity index (χ0n) is 15.7. The molecule has 0 saturated carbocycles. The van der Waals surface area contributed by atoms with Crippen molar-refractivity contribution < 1.29 is 4.74 Å². The molecular weight excluding hydrogens is 340 g/mol. The van der Waals surface area contributed by atoms with Crippen LogP contribution >= 0.6 is 0 Å². The summed E-state index contributed by atoms with van der Waals surface area (Å²) in [5.41, 5.74) is 1.79. The van der Waals surface area contributed by atoms with Crippen molar-refractivity contribution in [3.8, 4) is 11.6 Å². The number of hydrogen-bond acceptors (Lipinski definition) is 6. The van der Waals surface area contributed by atoms with E-state index < -0.39 is 0 Å². The van der Waals surface area contributed by atoms with Crippen molar-refractivity contribution in [2.24, 2.45) is 7.05 Å². The number of hydrogen-bond donors (Lipinski definition) is 0. The Kier molecular flexibility index (Phi) is 5.11. The lowest BCUT2D eigenvalue weighted by Crippen LogP contribution is -2.33. The third kappa shape index (κ3) is 3.98. The molecule has 0 radical (unpaired) electrons. The zero-order valence-corrected chi connectivity index (χ0v) is 15.7. The maximum atomic E-state index is 6.06. The van der Waals surface area contributed by atoms with E-state index in [1.807, 2.05) is 38.5 Å². The number of ether oxygens (including phenoxy) is 1. The summed E-state index contributed by atoms with van der Waals surface area (Å²) in [6.45, 7) is 4.84. The van der Waals surface area contributed by atoms with Gasteiger partial charge < -0.3 is 9.30 Å². The molecule has 0 aromatic carbocycles. The minimum Gasteiger partial charge on any atom is -0.435 e. The van der Waals surface area contributed by atoms with Crippen molar-refractivity contribution >= 4 is 0 Å². The molecule has 4 heterocycles. The number of likely N-dealkylation sites (tertiary alicyclic amines) is 1. The monoisotopic (exact) mass is 364 g/mol. The number of pyridine rings is 1. The van der Waals surface area contributed by atoms with Gasteiger partial charge >= 0.3 is 0 Å². The quantitative estimate of drug-likeness (QED) is 0.693. The Labute approximate surface area is 159 Å². The van der Waals surface area contributed by atoms with Gasteiger partial charge in [0.05, 0.1) is 12.2 Å². The first kappa shape index (κ1) is 17.6. The van der Waals surface area contributed by atoms with Crippen LogP contribution in [-0.2, 0) is 13.6 Å². The van der Waals surface area contributed by atoms with E-state index in [4.69, 9.17) is 4.74 Å². The highest BCUT2D eigenvalue weighted by molar-refractivity contribution is 5.33. The average molecular weight is 364 g/mol. The van der Waals surface area contributed by atoms with E-state index in [0.717, 1.165) is 55.4 Å². The fourth-order valence-corrected chi connectivity index (χ4v) is 3.49. The van der Waals surface area contributed by atoms with E-state index in [1.165, 1.54) is 0 Å². The first-order valence-corrected chi connectivity index (χ1v) is 9.29. The summed E-state index contributed by atoms with van der Waals surface area (Å²) in [6.07, 6.45) is 11.1. The van der Waals surface area contributed by atoms with Crippen molar-refractivity contribution in [2.45, 2.75) is 32.2 Å². The molecular formula is C20H24N6O. The number of aromatic nitrogens is 5. The number of rotatable bonds is 5. The summed E-state index contributed by atoms with van der Waals surface area (Å²) in [5, 5.41) is 0. The van der Waals surface area contributed by atoms with Crippen LogP contribution in [0.2, 0.25) is 0 Å². The summed E-state index contributed by atoms with van der Waals surface area (Å²) >= 11 is 0. The highest BCUT2D eigenvalue weighted by Gasteiger charge is 2.26. The molecule has 0 bridgehead atoms. The highest BCUT2D eigenvalue weighted by Crippen LogP contribution is 2.34. The molecule has 0 aliphatic carbocycles. The molecule has 0 N–H and O–H groups in total. The summed E-state index contributed by atoms with van der Waals surface area (Å²) in [7, 11) is 2.04. The molecule has 0 amide bonds. The number of piperidine rings is 1. The van der Waals surface area contributed by atoms with Gasteiger partial charge in [0.2, 0.25) is 5.88 Å². The lowest BCUT2D eigenvalue weighted by atomic mass is 9.93. The van der Waals surface area contributed by atoms with Gasteiger partial charge in [0.1, 0.15) is 11.5 Å². The van der Waals surface area contributed by atoms with Crippen molar-refractivity contribution in [2.75, 3.05) is 13.1 Å². The Morgan fingerprint density at radius 1 is 1.04 bits per heavy atom. The van der Waals surface area contributed by atoms with Crippen LogP contribution in [0.5, 0.6) is 11.6 Å². The predicted octanol–water partition coefficient (Wildman–Crippen LogP) is 3.09. The minimum atomic E-state index is 0.350. The summed E-state index contributed by atoms with van der Waals surface area (Å²) in [6, 6.07) is 3.78.